The topological polar surface area (TPSA) is 70.1 Å². The Hall–Kier alpha value is -1.36. The summed E-state index contributed by atoms with van der Waals surface area (Å²) in [6.45, 7) is 1.63. The maximum absolute atomic E-state index is 11.5. The number of carbonyl (C=O) groups excluding carboxylic acids is 1. The van der Waals surface area contributed by atoms with Crippen molar-refractivity contribution < 1.29 is 9.53 Å². The van der Waals surface area contributed by atoms with E-state index in [0.717, 1.165) is 0 Å². The summed E-state index contributed by atoms with van der Waals surface area (Å²) in [5, 5.41) is 3.91. The minimum Gasteiger partial charge on any atom is -0.493 e. The first-order chi connectivity index (χ1) is 6.07. The molecular weight excluding hydrogens is 170 g/mol. The largest absolute Gasteiger partial charge is 0.493 e. The zero-order chi connectivity index (χ0) is 10.0. The van der Waals surface area contributed by atoms with Gasteiger partial charge in [0.25, 0.3) is 0 Å². The van der Waals surface area contributed by atoms with Crippen LogP contribution < -0.4 is 10.5 Å². The lowest BCUT2D eigenvalue weighted by Crippen LogP contribution is -2.28. The Morgan fingerprint density at radius 3 is 2.85 bits per heavy atom. The highest BCUT2D eigenvalue weighted by molar-refractivity contribution is 6.00. The molecule has 0 radical (unpaired) electrons. The first kappa shape index (κ1) is 9.73. The summed E-state index contributed by atoms with van der Waals surface area (Å²) in [5.41, 5.74) is 5.89. The van der Waals surface area contributed by atoms with Gasteiger partial charge in [-0.15, -0.1) is 0 Å². The molecule has 1 atom stereocenters. The van der Waals surface area contributed by atoms with Gasteiger partial charge in [0.1, 0.15) is 5.69 Å². The van der Waals surface area contributed by atoms with Crippen LogP contribution >= 0.6 is 0 Å². The van der Waals surface area contributed by atoms with E-state index in [0.29, 0.717) is 11.4 Å². The van der Waals surface area contributed by atoms with Gasteiger partial charge in [-0.3, -0.25) is 9.48 Å². The van der Waals surface area contributed by atoms with Crippen molar-refractivity contribution in [2.45, 2.75) is 13.0 Å². The third kappa shape index (κ3) is 1.70. The highest BCUT2D eigenvalue weighted by Crippen LogP contribution is 2.17. The molecule has 0 aliphatic heterocycles. The lowest BCUT2D eigenvalue weighted by atomic mass is 10.1. The van der Waals surface area contributed by atoms with Gasteiger partial charge in [0, 0.05) is 7.05 Å². The van der Waals surface area contributed by atoms with Crippen LogP contribution in [0.1, 0.15) is 17.4 Å². The van der Waals surface area contributed by atoms with Crippen LogP contribution in [0.5, 0.6) is 5.75 Å². The van der Waals surface area contributed by atoms with Gasteiger partial charge >= 0.3 is 0 Å². The molecular formula is C8H13N3O2. The number of methoxy groups -OCH3 is 1. The molecule has 0 aromatic carbocycles. The molecule has 5 nitrogen and oxygen atoms in total. The van der Waals surface area contributed by atoms with Crippen LogP contribution in [0.4, 0.5) is 0 Å². The number of ether oxygens (including phenoxy) is 1. The van der Waals surface area contributed by atoms with Crippen molar-refractivity contribution in [3.05, 3.63) is 11.9 Å². The maximum Gasteiger partial charge on any atom is 0.200 e. The van der Waals surface area contributed by atoms with Gasteiger partial charge in [0.15, 0.2) is 5.75 Å². The van der Waals surface area contributed by atoms with Crippen LogP contribution in [-0.2, 0) is 7.05 Å². The van der Waals surface area contributed by atoms with Crippen LogP contribution in [0.2, 0.25) is 0 Å². The molecule has 1 aromatic rings. The van der Waals surface area contributed by atoms with Crippen LogP contribution in [0.25, 0.3) is 0 Å². The number of aryl methyl sites for hydroxylation is 1. The average Bonchev–Trinajstić information content (AvgIpc) is 2.45. The normalized spacial score (nSPS) is 12.6. The van der Waals surface area contributed by atoms with Crippen LogP contribution in [0.3, 0.4) is 0 Å². The molecule has 5 heteroatoms. The number of nitrogens with zero attached hydrogens (tertiary/aromatic N) is 2. The van der Waals surface area contributed by atoms with Crippen LogP contribution in [0.15, 0.2) is 6.20 Å². The third-order valence-electron chi connectivity index (χ3n) is 1.77. The molecule has 1 rings (SSSR count). The summed E-state index contributed by atoms with van der Waals surface area (Å²) in [5.74, 6) is 0.293. The van der Waals surface area contributed by atoms with E-state index in [-0.39, 0.29) is 5.78 Å². The Morgan fingerprint density at radius 2 is 2.38 bits per heavy atom. The number of hydrogen-bond acceptors (Lipinski definition) is 4. The zero-order valence-corrected chi connectivity index (χ0v) is 7.94. The van der Waals surface area contributed by atoms with E-state index >= 15 is 0 Å². The molecule has 0 spiro atoms. The summed E-state index contributed by atoms with van der Waals surface area (Å²) in [6.07, 6.45) is 1.50. The molecule has 0 bridgehead atoms. The third-order valence-corrected chi connectivity index (χ3v) is 1.77. The Morgan fingerprint density at radius 1 is 1.77 bits per heavy atom. The number of nitrogens with two attached hydrogens (primary N) is 1. The van der Waals surface area contributed by atoms with Crippen molar-refractivity contribution in [2.75, 3.05) is 7.11 Å². The van der Waals surface area contributed by atoms with Crippen LogP contribution in [-0.4, -0.2) is 28.7 Å². The van der Waals surface area contributed by atoms with E-state index in [1.807, 2.05) is 0 Å². The second-order valence-electron chi connectivity index (χ2n) is 2.84. The van der Waals surface area contributed by atoms with Gasteiger partial charge in [0.05, 0.1) is 19.3 Å². The second kappa shape index (κ2) is 3.57. The summed E-state index contributed by atoms with van der Waals surface area (Å²) in [6, 6.07) is -0.538. The van der Waals surface area contributed by atoms with Gasteiger partial charge < -0.3 is 10.5 Å². The van der Waals surface area contributed by atoms with E-state index in [2.05, 4.69) is 5.10 Å². The van der Waals surface area contributed by atoms with Crippen molar-refractivity contribution in [3.8, 4) is 5.75 Å². The average molecular weight is 183 g/mol. The molecule has 0 saturated carbocycles. The lowest BCUT2D eigenvalue weighted by molar-refractivity contribution is 0.0955. The molecule has 0 amide bonds. The van der Waals surface area contributed by atoms with Crippen molar-refractivity contribution in [1.82, 2.24) is 9.78 Å². The van der Waals surface area contributed by atoms with Gasteiger partial charge in [-0.1, -0.05) is 0 Å². The van der Waals surface area contributed by atoms with E-state index in [1.54, 1.807) is 14.0 Å². The van der Waals surface area contributed by atoms with Gasteiger partial charge in [0.2, 0.25) is 5.78 Å². The highest BCUT2D eigenvalue weighted by atomic mass is 16.5. The molecule has 13 heavy (non-hydrogen) atoms. The van der Waals surface area contributed by atoms with E-state index in [9.17, 15) is 4.79 Å². The first-order valence-electron chi connectivity index (χ1n) is 3.93. The summed E-state index contributed by atoms with van der Waals surface area (Å²) in [4.78, 5) is 11.5. The minimum absolute atomic E-state index is 0.170. The number of hydrogen-bond donors (Lipinski definition) is 1. The van der Waals surface area contributed by atoms with Crippen molar-refractivity contribution in [2.24, 2.45) is 12.8 Å². The lowest BCUT2D eigenvalue weighted by Gasteiger charge is -2.06. The number of carbonyl (C=O) groups is 1. The minimum atomic E-state index is -0.538. The monoisotopic (exact) mass is 183 g/mol. The molecule has 1 unspecified atom stereocenters. The van der Waals surface area contributed by atoms with Crippen molar-refractivity contribution in [3.63, 3.8) is 0 Å². The molecule has 1 aromatic heterocycles. The molecule has 0 fully saturated rings. The van der Waals surface area contributed by atoms with Gasteiger partial charge in [-0.25, -0.2) is 0 Å². The maximum atomic E-state index is 11.5. The van der Waals surface area contributed by atoms with E-state index in [1.165, 1.54) is 18.0 Å². The second-order valence-corrected chi connectivity index (χ2v) is 2.84. The number of ketones is 1. The molecule has 0 aliphatic carbocycles. The smallest absolute Gasteiger partial charge is 0.200 e. The summed E-state index contributed by atoms with van der Waals surface area (Å²) >= 11 is 0. The fourth-order valence-electron chi connectivity index (χ4n) is 1.06. The zero-order valence-electron chi connectivity index (χ0n) is 7.94. The van der Waals surface area contributed by atoms with Crippen molar-refractivity contribution >= 4 is 5.78 Å². The van der Waals surface area contributed by atoms with Crippen molar-refractivity contribution in [1.29, 1.82) is 0 Å². The summed E-state index contributed by atoms with van der Waals surface area (Å²) in [7, 11) is 3.17. The quantitative estimate of drug-likeness (QED) is 0.667. The van der Waals surface area contributed by atoms with E-state index in [4.69, 9.17) is 10.5 Å². The first-order valence-corrected chi connectivity index (χ1v) is 3.93. The molecule has 0 aliphatic rings. The number of rotatable bonds is 3. The fourth-order valence-corrected chi connectivity index (χ4v) is 1.06. The fraction of sp³-hybridized carbons (Fsp3) is 0.500. The number of Topliss-reactive ketones (excluding diaryl/α,β-unsaturated/α-hetero) is 1. The van der Waals surface area contributed by atoms with Gasteiger partial charge in [-0.05, 0) is 6.92 Å². The van der Waals surface area contributed by atoms with E-state index < -0.39 is 6.04 Å². The highest BCUT2D eigenvalue weighted by Gasteiger charge is 2.20. The number of aromatic nitrogens is 2. The summed E-state index contributed by atoms with van der Waals surface area (Å²) < 4.78 is 6.44. The Kier molecular flexibility index (Phi) is 2.67. The van der Waals surface area contributed by atoms with Gasteiger partial charge in [-0.2, -0.15) is 5.10 Å². The predicted molar refractivity (Wildman–Crippen MR) is 47.7 cm³/mol. The Labute approximate surface area is 76.5 Å². The van der Waals surface area contributed by atoms with Crippen LogP contribution in [0, 0.1) is 0 Å². The molecule has 1 heterocycles. The molecule has 0 saturated heterocycles. The Balaban J connectivity index is 3.11. The molecule has 72 valence electrons. The molecule has 2 N–H and O–H groups in total. The Bertz CT molecular complexity index is 317. The predicted octanol–water partition coefficient (Wildman–Crippen LogP) is -0.0414. The standard InChI is InChI=1S/C8H13N3O2/c1-5(9)8(12)7-6(13-3)4-10-11(7)2/h4-5H,9H2,1-3H3. The SMILES string of the molecule is COc1cnn(C)c1C(=O)C(C)N.